The molecule has 0 radical (unpaired) electrons. The van der Waals surface area contributed by atoms with E-state index in [1.165, 1.54) is 11.1 Å². The van der Waals surface area contributed by atoms with E-state index in [1.807, 2.05) is 6.07 Å². The molecule has 0 amide bonds. The number of hydrogen-bond acceptors (Lipinski definition) is 2. The fraction of sp³-hybridized carbons (Fsp3) is 0.455. The molecule has 0 aromatic heterocycles. The molecule has 76 valence electrons. The van der Waals surface area contributed by atoms with Gasteiger partial charge < -0.3 is 9.47 Å². The van der Waals surface area contributed by atoms with E-state index in [1.54, 1.807) is 7.11 Å². The summed E-state index contributed by atoms with van der Waals surface area (Å²) in [5.74, 6) is 1.73. The van der Waals surface area contributed by atoms with Gasteiger partial charge in [0.1, 0.15) is 0 Å². The Kier molecular flexibility index (Phi) is 2.68. The fourth-order valence-corrected chi connectivity index (χ4v) is 2.25. The van der Waals surface area contributed by atoms with E-state index in [2.05, 4.69) is 28.9 Å². The predicted octanol–water partition coefficient (Wildman–Crippen LogP) is 3.22. The minimum Gasteiger partial charge on any atom is -0.493 e. The Morgan fingerprint density at radius 2 is 2.29 bits per heavy atom. The third-order valence-electron chi connectivity index (χ3n) is 2.40. The van der Waals surface area contributed by atoms with E-state index in [0.717, 1.165) is 24.5 Å². The molecular formula is C11H13BrO2. The van der Waals surface area contributed by atoms with Crippen LogP contribution in [0.2, 0.25) is 0 Å². The van der Waals surface area contributed by atoms with E-state index in [0.29, 0.717) is 4.83 Å². The molecule has 2 rings (SSSR count). The lowest BCUT2D eigenvalue weighted by Crippen LogP contribution is -2.11. The van der Waals surface area contributed by atoms with Crippen LogP contribution in [0.25, 0.3) is 0 Å². The van der Waals surface area contributed by atoms with Crippen molar-refractivity contribution in [2.45, 2.75) is 18.2 Å². The highest BCUT2D eigenvalue weighted by Gasteiger charge is 2.22. The van der Waals surface area contributed by atoms with Crippen molar-refractivity contribution >= 4 is 15.9 Å². The van der Waals surface area contributed by atoms with Crippen LogP contribution in [0, 0.1) is 6.92 Å². The first-order chi connectivity index (χ1) is 6.72. The zero-order valence-electron chi connectivity index (χ0n) is 8.34. The summed E-state index contributed by atoms with van der Waals surface area (Å²) in [6.07, 6.45) is 1.01. The van der Waals surface area contributed by atoms with Crippen LogP contribution in [0.5, 0.6) is 11.5 Å². The van der Waals surface area contributed by atoms with Crippen molar-refractivity contribution in [1.29, 1.82) is 0 Å². The minimum absolute atomic E-state index is 0.389. The summed E-state index contributed by atoms with van der Waals surface area (Å²) in [5, 5.41) is 0. The van der Waals surface area contributed by atoms with E-state index in [9.17, 15) is 0 Å². The first kappa shape index (κ1) is 9.84. The molecule has 0 aliphatic carbocycles. The standard InChI is InChI=1S/C11H13BrO2/c1-7-5-8-9(12)3-4-14-11(8)10(6-7)13-2/h5-6,9H,3-4H2,1-2H3. The Labute approximate surface area is 92.3 Å². The van der Waals surface area contributed by atoms with Crippen LogP contribution in [-0.2, 0) is 0 Å². The van der Waals surface area contributed by atoms with Gasteiger partial charge in [0.2, 0.25) is 0 Å². The van der Waals surface area contributed by atoms with Gasteiger partial charge >= 0.3 is 0 Å². The SMILES string of the molecule is COc1cc(C)cc2c1OCCC2Br. The third-order valence-corrected chi connectivity index (χ3v) is 3.35. The molecule has 1 aromatic rings. The molecule has 1 atom stereocenters. The number of fused-ring (bicyclic) bond motifs is 1. The number of benzene rings is 1. The summed E-state index contributed by atoms with van der Waals surface area (Å²) in [7, 11) is 1.68. The molecule has 1 aliphatic rings. The van der Waals surface area contributed by atoms with Crippen LogP contribution in [0.3, 0.4) is 0 Å². The van der Waals surface area contributed by atoms with Crippen LogP contribution in [0.15, 0.2) is 12.1 Å². The number of halogens is 1. The second kappa shape index (κ2) is 3.81. The zero-order valence-corrected chi connectivity index (χ0v) is 9.93. The molecule has 1 aromatic carbocycles. The van der Waals surface area contributed by atoms with E-state index in [4.69, 9.17) is 9.47 Å². The highest BCUT2D eigenvalue weighted by atomic mass is 79.9. The second-order valence-electron chi connectivity index (χ2n) is 3.49. The van der Waals surface area contributed by atoms with Gasteiger partial charge in [-0.3, -0.25) is 0 Å². The zero-order chi connectivity index (χ0) is 10.1. The summed E-state index contributed by atoms with van der Waals surface area (Å²) in [4.78, 5) is 0.389. The molecule has 14 heavy (non-hydrogen) atoms. The number of ether oxygens (including phenoxy) is 2. The normalized spacial score (nSPS) is 19.8. The largest absolute Gasteiger partial charge is 0.493 e. The maximum atomic E-state index is 5.62. The smallest absolute Gasteiger partial charge is 0.165 e. The molecule has 0 saturated heterocycles. The third kappa shape index (κ3) is 1.61. The fourth-order valence-electron chi connectivity index (χ4n) is 1.73. The molecule has 3 heteroatoms. The molecule has 0 N–H and O–H groups in total. The number of alkyl halides is 1. The Bertz CT molecular complexity index is 349. The maximum Gasteiger partial charge on any atom is 0.165 e. The van der Waals surface area contributed by atoms with Gasteiger partial charge in [0.05, 0.1) is 13.7 Å². The van der Waals surface area contributed by atoms with Gasteiger partial charge in [0.15, 0.2) is 11.5 Å². The molecule has 1 unspecified atom stereocenters. The van der Waals surface area contributed by atoms with Crippen molar-refractivity contribution in [3.05, 3.63) is 23.3 Å². The average Bonchev–Trinajstić information content (AvgIpc) is 2.18. The van der Waals surface area contributed by atoms with Gasteiger partial charge in [0.25, 0.3) is 0 Å². The summed E-state index contributed by atoms with van der Waals surface area (Å²) >= 11 is 3.65. The first-order valence-electron chi connectivity index (χ1n) is 4.68. The highest BCUT2D eigenvalue weighted by Crippen LogP contribution is 2.43. The second-order valence-corrected chi connectivity index (χ2v) is 4.60. The van der Waals surface area contributed by atoms with Crippen LogP contribution >= 0.6 is 15.9 Å². The summed E-state index contributed by atoms with van der Waals surface area (Å²) in [6.45, 7) is 2.82. The summed E-state index contributed by atoms with van der Waals surface area (Å²) in [5.41, 5.74) is 2.41. The Balaban J connectivity index is 2.54. The van der Waals surface area contributed by atoms with Gasteiger partial charge in [-0.1, -0.05) is 22.0 Å². The van der Waals surface area contributed by atoms with Crippen LogP contribution < -0.4 is 9.47 Å². The van der Waals surface area contributed by atoms with Crippen molar-refractivity contribution in [1.82, 2.24) is 0 Å². The molecule has 0 spiro atoms. The Hall–Kier alpha value is -0.700. The Morgan fingerprint density at radius 3 is 3.00 bits per heavy atom. The van der Waals surface area contributed by atoms with Crippen molar-refractivity contribution < 1.29 is 9.47 Å². The molecular weight excluding hydrogens is 244 g/mol. The summed E-state index contributed by atoms with van der Waals surface area (Å²) < 4.78 is 10.9. The lowest BCUT2D eigenvalue weighted by Gasteiger charge is -2.24. The summed E-state index contributed by atoms with van der Waals surface area (Å²) in [6, 6.07) is 4.15. The molecule has 0 saturated carbocycles. The number of hydrogen-bond donors (Lipinski definition) is 0. The van der Waals surface area contributed by atoms with Crippen LogP contribution in [0.1, 0.15) is 22.4 Å². The van der Waals surface area contributed by atoms with E-state index < -0.39 is 0 Å². The molecule has 1 aliphatic heterocycles. The van der Waals surface area contributed by atoms with Crippen LogP contribution in [-0.4, -0.2) is 13.7 Å². The van der Waals surface area contributed by atoms with E-state index in [-0.39, 0.29) is 0 Å². The van der Waals surface area contributed by atoms with Crippen LogP contribution in [0.4, 0.5) is 0 Å². The number of methoxy groups -OCH3 is 1. The van der Waals surface area contributed by atoms with E-state index >= 15 is 0 Å². The minimum atomic E-state index is 0.389. The quantitative estimate of drug-likeness (QED) is 0.719. The van der Waals surface area contributed by atoms with Gasteiger partial charge in [-0.15, -0.1) is 0 Å². The topological polar surface area (TPSA) is 18.5 Å². The lowest BCUT2D eigenvalue weighted by atomic mass is 10.0. The van der Waals surface area contributed by atoms with Crippen molar-refractivity contribution in [3.8, 4) is 11.5 Å². The molecule has 1 heterocycles. The van der Waals surface area contributed by atoms with Gasteiger partial charge in [-0.2, -0.15) is 0 Å². The Morgan fingerprint density at radius 1 is 1.50 bits per heavy atom. The molecule has 2 nitrogen and oxygen atoms in total. The van der Waals surface area contributed by atoms with Gasteiger partial charge in [-0.05, 0) is 25.0 Å². The first-order valence-corrected chi connectivity index (χ1v) is 5.59. The average molecular weight is 257 g/mol. The molecule has 0 bridgehead atoms. The highest BCUT2D eigenvalue weighted by molar-refractivity contribution is 9.09. The lowest BCUT2D eigenvalue weighted by molar-refractivity contribution is 0.268. The van der Waals surface area contributed by atoms with Gasteiger partial charge in [0, 0.05) is 10.4 Å². The van der Waals surface area contributed by atoms with Crippen molar-refractivity contribution in [2.24, 2.45) is 0 Å². The van der Waals surface area contributed by atoms with Crippen molar-refractivity contribution in [3.63, 3.8) is 0 Å². The number of aryl methyl sites for hydroxylation is 1. The monoisotopic (exact) mass is 256 g/mol. The molecule has 0 fully saturated rings. The van der Waals surface area contributed by atoms with Gasteiger partial charge in [-0.25, -0.2) is 0 Å². The predicted molar refractivity (Wildman–Crippen MR) is 59.5 cm³/mol. The van der Waals surface area contributed by atoms with Crippen molar-refractivity contribution in [2.75, 3.05) is 13.7 Å². The number of rotatable bonds is 1. The maximum absolute atomic E-state index is 5.62.